The highest BCUT2D eigenvalue weighted by Gasteiger charge is 2.48. The normalized spacial score (nSPS) is 25.1. The van der Waals surface area contributed by atoms with Crippen LogP contribution in [-0.4, -0.2) is 50.5 Å². The summed E-state index contributed by atoms with van der Waals surface area (Å²) < 4.78 is 17.6. The van der Waals surface area contributed by atoms with Crippen LogP contribution in [0.1, 0.15) is 49.1 Å². The summed E-state index contributed by atoms with van der Waals surface area (Å²) in [4.78, 5) is 15.7. The number of methoxy groups -OCH3 is 1. The van der Waals surface area contributed by atoms with Crippen LogP contribution in [0.2, 0.25) is 5.02 Å². The molecule has 4 unspecified atom stereocenters. The molecule has 2 fully saturated rings. The van der Waals surface area contributed by atoms with Gasteiger partial charge in [0, 0.05) is 41.6 Å². The molecule has 222 valence electrons. The number of ether oxygens (including phenoxy) is 3. The van der Waals surface area contributed by atoms with Crippen LogP contribution >= 0.6 is 11.6 Å². The van der Waals surface area contributed by atoms with Crippen LogP contribution < -0.4 is 19.7 Å². The summed E-state index contributed by atoms with van der Waals surface area (Å²) in [6.45, 7) is 8.87. The van der Waals surface area contributed by atoms with E-state index in [0.29, 0.717) is 29.7 Å². The molecule has 0 spiro atoms. The number of nitrogens with zero attached hydrogens (tertiary/aromatic N) is 1. The average molecular weight is 591 g/mol. The van der Waals surface area contributed by atoms with Gasteiger partial charge in [0.15, 0.2) is 11.5 Å². The van der Waals surface area contributed by atoms with Gasteiger partial charge < -0.3 is 29.5 Å². The Morgan fingerprint density at radius 1 is 1.02 bits per heavy atom. The van der Waals surface area contributed by atoms with Crippen molar-refractivity contribution in [1.29, 1.82) is 0 Å². The average Bonchev–Trinajstić information content (AvgIpc) is 2.96. The number of carbonyl (C=O) groups is 1. The Balaban J connectivity index is 1.40. The number of carbonyl (C=O) groups excluding carboxylic acids is 1. The molecule has 7 nitrogen and oxygen atoms in total. The number of piperidine rings is 1. The summed E-state index contributed by atoms with van der Waals surface area (Å²) in [5.41, 5.74) is 3.41. The van der Waals surface area contributed by atoms with E-state index in [1.165, 1.54) is 0 Å². The van der Waals surface area contributed by atoms with E-state index in [9.17, 15) is 9.90 Å². The first-order valence-electron chi connectivity index (χ1n) is 14.7. The van der Waals surface area contributed by atoms with Gasteiger partial charge >= 0.3 is 0 Å². The lowest BCUT2D eigenvalue weighted by atomic mass is 9.66. The summed E-state index contributed by atoms with van der Waals surface area (Å²) in [6, 6.07) is 19.0. The number of fused-ring (bicyclic) bond motifs is 3. The molecule has 6 rings (SSSR count). The number of amides is 1. The molecule has 2 saturated heterocycles. The lowest BCUT2D eigenvalue weighted by molar-refractivity contribution is -0.137. The number of rotatable bonds is 7. The number of benzene rings is 3. The molecule has 0 aliphatic carbocycles. The first kappa shape index (κ1) is 29.0. The van der Waals surface area contributed by atoms with Gasteiger partial charge in [-0.2, -0.15) is 0 Å². The van der Waals surface area contributed by atoms with E-state index in [4.69, 9.17) is 25.8 Å². The Bertz CT molecular complexity index is 1420. The number of hydrogen-bond acceptors (Lipinski definition) is 6. The molecule has 2 N–H and O–H groups in total. The van der Waals surface area contributed by atoms with E-state index in [1.807, 2.05) is 86.3 Å². The Morgan fingerprint density at radius 2 is 1.69 bits per heavy atom. The Kier molecular flexibility index (Phi) is 7.96. The van der Waals surface area contributed by atoms with Crippen LogP contribution in [0.4, 0.5) is 5.69 Å². The van der Waals surface area contributed by atoms with Crippen molar-refractivity contribution in [3.8, 4) is 11.5 Å². The van der Waals surface area contributed by atoms with E-state index in [0.717, 1.165) is 41.0 Å². The van der Waals surface area contributed by atoms with Gasteiger partial charge in [-0.25, -0.2) is 0 Å². The summed E-state index contributed by atoms with van der Waals surface area (Å²) >= 11 is 6.26. The van der Waals surface area contributed by atoms with Crippen LogP contribution in [-0.2, 0) is 21.6 Å². The standard InChI is InChI=1S/C34H39ClN2O5/c1-20(2)42-30-15-28-22(13-29(30)40-4)14-31(38)37(33(28)21-5-9-26(35)10-6-21)27-11-7-25(8-12-27)34(3,39)32-23-16-36-17-24(32)19-41-18-23/h5-13,15,20,23-24,32-33,36,39H,14,16-19H2,1-4H3. The van der Waals surface area contributed by atoms with Crippen LogP contribution in [0.25, 0.3) is 0 Å². The van der Waals surface area contributed by atoms with Crippen LogP contribution in [0.3, 0.4) is 0 Å². The minimum atomic E-state index is -1.02. The summed E-state index contributed by atoms with van der Waals surface area (Å²) in [6.07, 6.45) is 0.189. The van der Waals surface area contributed by atoms with Crippen molar-refractivity contribution in [3.63, 3.8) is 0 Å². The molecule has 8 heteroatoms. The molecule has 3 aromatic rings. The first-order valence-corrected chi connectivity index (χ1v) is 15.1. The van der Waals surface area contributed by atoms with Crippen molar-refractivity contribution in [2.24, 2.45) is 17.8 Å². The van der Waals surface area contributed by atoms with Crippen LogP contribution in [0.5, 0.6) is 11.5 Å². The SMILES string of the molecule is COc1cc2c(cc1OC(C)C)C(c1ccc(Cl)cc1)N(c1ccc(C(C)(O)C3C4CNCC3COC4)cc1)C(=O)C2. The van der Waals surface area contributed by atoms with Gasteiger partial charge in [0.2, 0.25) is 5.91 Å². The number of aliphatic hydroxyl groups is 1. The molecule has 3 aliphatic rings. The van der Waals surface area contributed by atoms with E-state index in [-0.39, 0.29) is 36.2 Å². The highest BCUT2D eigenvalue weighted by atomic mass is 35.5. The fourth-order valence-electron chi connectivity index (χ4n) is 7.19. The lowest BCUT2D eigenvalue weighted by Gasteiger charge is -2.49. The summed E-state index contributed by atoms with van der Waals surface area (Å²) in [7, 11) is 1.61. The van der Waals surface area contributed by atoms with Crippen molar-refractivity contribution in [3.05, 3.63) is 87.9 Å². The molecule has 2 bridgehead atoms. The zero-order chi connectivity index (χ0) is 29.6. The predicted molar refractivity (Wildman–Crippen MR) is 163 cm³/mol. The van der Waals surface area contributed by atoms with Gasteiger partial charge in [0.25, 0.3) is 0 Å². The number of anilines is 1. The maximum absolute atomic E-state index is 13.9. The monoisotopic (exact) mass is 590 g/mol. The van der Waals surface area contributed by atoms with Crippen LogP contribution in [0.15, 0.2) is 60.7 Å². The van der Waals surface area contributed by atoms with Crippen molar-refractivity contribution in [2.45, 2.75) is 44.9 Å². The van der Waals surface area contributed by atoms with Gasteiger partial charge in [0.1, 0.15) is 0 Å². The first-order chi connectivity index (χ1) is 20.2. The Morgan fingerprint density at radius 3 is 2.31 bits per heavy atom. The molecule has 1 amide bonds. The number of halogens is 1. The fourth-order valence-corrected chi connectivity index (χ4v) is 7.31. The fraction of sp³-hybridized carbons (Fsp3) is 0.441. The molecule has 3 heterocycles. The molecule has 0 radical (unpaired) electrons. The van der Waals surface area contributed by atoms with E-state index >= 15 is 0 Å². The molecule has 0 aromatic heterocycles. The van der Waals surface area contributed by atoms with Gasteiger partial charge in [0.05, 0.1) is 44.5 Å². The van der Waals surface area contributed by atoms with Crippen LogP contribution in [0, 0.1) is 17.8 Å². The summed E-state index contributed by atoms with van der Waals surface area (Å²) in [5.74, 6) is 1.83. The second-order valence-corrected chi connectivity index (χ2v) is 12.6. The minimum Gasteiger partial charge on any atom is -0.493 e. The van der Waals surface area contributed by atoms with Crippen molar-refractivity contribution in [2.75, 3.05) is 38.3 Å². The Labute approximate surface area is 252 Å². The van der Waals surface area contributed by atoms with Gasteiger partial charge in [-0.05, 0) is 79.4 Å². The number of nitrogens with one attached hydrogen (secondary N) is 1. The van der Waals surface area contributed by atoms with E-state index in [1.54, 1.807) is 7.11 Å². The zero-order valence-corrected chi connectivity index (χ0v) is 25.4. The molecule has 3 aliphatic heterocycles. The molecular formula is C34H39ClN2O5. The maximum Gasteiger partial charge on any atom is 0.232 e. The van der Waals surface area contributed by atoms with Crippen molar-refractivity contribution >= 4 is 23.2 Å². The quantitative estimate of drug-likeness (QED) is 0.378. The van der Waals surface area contributed by atoms with Gasteiger partial charge in [-0.1, -0.05) is 35.9 Å². The Hall–Kier alpha value is -3.10. The minimum absolute atomic E-state index is 0.0217. The smallest absolute Gasteiger partial charge is 0.232 e. The third-order valence-corrected chi connectivity index (χ3v) is 9.26. The summed E-state index contributed by atoms with van der Waals surface area (Å²) in [5, 5.41) is 16.0. The second kappa shape index (κ2) is 11.5. The molecule has 4 atom stereocenters. The topological polar surface area (TPSA) is 80.3 Å². The number of hydrogen-bond donors (Lipinski definition) is 2. The molecule has 3 aromatic carbocycles. The molecular weight excluding hydrogens is 552 g/mol. The predicted octanol–water partition coefficient (Wildman–Crippen LogP) is 5.50. The van der Waals surface area contributed by atoms with E-state index < -0.39 is 11.6 Å². The van der Waals surface area contributed by atoms with Gasteiger partial charge in [-0.3, -0.25) is 4.79 Å². The molecule has 0 saturated carbocycles. The highest BCUT2D eigenvalue weighted by molar-refractivity contribution is 6.30. The molecule has 42 heavy (non-hydrogen) atoms. The van der Waals surface area contributed by atoms with Crippen molar-refractivity contribution in [1.82, 2.24) is 5.32 Å². The highest BCUT2D eigenvalue weighted by Crippen LogP contribution is 2.46. The largest absolute Gasteiger partial charge is 0.493 e. The second-order valence-electron chi connectivity index (χ2n) is 12.2. The zero-order valence-electron chi connectivity index (χ0n) is 24.6. The van der Waals surface area contributed by atoms with Crippen molar-refractivity contribution < 1.29 is 24.1 Å². The maximum atomic E-state index is 13.9. The third kappa shape index (κ3) is 5.28. The van der Waals surface area contributed by atoms with E-state index in [2.05, 4.69) is 5.32 Å². The lowest BCUT2D eigenvalue weighted by Crippen LogP contribution is -2.57. The van der Waals surface area contributed by atoms with Gasteiger partial charge in [-0.15, -0.1) is 0 Å². The third-order valence-electron chi connectivity index (χ3n) is 9.01.